The van der Waals surface area contributed by atoms with E-state index in [0.717, 1.165) is 5.92 Å². The second-order valence-electron chi connectivity index (χ2n) is 8.69. The summed E-state index contributed by atoms with van der Waals surface area (Å²) in [7, 11) is 0. The summed E-state index contributed by atoms with van der Waals surface area (Å²) in [4.78, 5) is 6.88. The summed E-state index contributed by atoms with van der Waals surface area (Å²) in [6.07, 6.45) is 6.63. The Hall–Kier alpha value is -1.83. The molecular weight excluding hydrogens is 292 g/mol. The molecule has 4 rings (SSSR count). The molecule has 1 aromatic heterocycles. The maximum atomic E-state index is 4.32. The molecule has 1 saturated heterocycles. The molecule has 0 bridgehead atoms. The zero-order chi connectivity index (χ0) is 16.9. The van der Waals surface area contributed by atoms with Crippen molar-refractivity contribution >= 4 is 5.69 Å². The van der Waals surface area contributed by atoms with Crippen LogP contribution in [0.2, 0.25) is 0 Å². The Labute approximate surface area is 145 Å². The van der Waals surface area contributed by atoms with Gasteiger partial charge in [-0.05, 0) is 72.9 Å². The number of aryl methyl sites for hydroxylation is 2. The molecule has 1 spiro atoms. The van der Waals surface area contributed by atoms with E-state index < -0.39 is 0 Å². The first kappa shape index (κ1) is 15.7. The minimum absolute atomic E-state index is 0.236. The van der Waals surface area contributed by atoms with Crippen molar-refractivity contribution in [2.24, 2.45) is 11.3 Å². The van der Waals surface area contributed by atoms with Gasteiger partial charge in [0.05, 0.1) is 0 Å². The number of aromatic nitrogens is 1. The molecule has 2 nitrogen and oxygen atoms in total. The largest absolute Gasteiger partial charge is 0.370 e. The van der Waals surface area contributed by atoms with Gasteiger partial charge in [-0.2, -0.15) is 0 Å². The van der Waals surface area contributed by atoms with Crippen molar-refractivity contribution in [3.63, 3.8) is 0 Å². The van der Waals surface area contributed by atoms with E-state index in [9.17, 15) is 0 Å². The summed E-state index contributed by atoms with van der Waals surface area (Å²) >= 11 is 0. The fourth-order valence-corrected chi connectivity index (χ4v) is 4.60. The molecule has 0 radical (unpaired) electrons. The summed E-state index contributed by atoms with van der Waals surface area (Å²) in [5.41, 5.74) is 6.38. The van der Waals surface area contributed by atoms with Gasteiger partial charge in [0, 0.05) is 36.6 Å². The van der Waals surface area contributed by atoms with Crippen LogP contribution in [-0.4, -0.2) is 18.1 Å². The van der Waals surface area contributed by atoms with Crippen LogP contribution in [0.3, 0.4) is 0 Å². The molecular formula is C22H28N2. The second-order valence-corrected chi connectivity index (χ2v) is 8.69. The predicted molar refractivity (Wildman–Crippen MR) is 101 cm³/mol. The zero-order valence-electron chi connectivity index (χ0n) is 15.3. The van der Waals surface area contributed by atoms with Gasteiger partial charge in [-0.15, -0.1) is 0 Å². The third kappa shape index (κ3) is 2.44. The third-order valence-corrected chi connectivity index (χ3v) is 6.69. The summed E-state index contributed by atoms with van der Waals surface area (Å²) in [6.45, 7) is 11.6. The molecule has 0 unspecified atom stereocenters. The molecule has 2 aromatic rings. The van der Waals surface area contributed by atoms with Crippen molar-refractivity contribution in [2.75, 3.05) is 18.0 Å². The van der Waals surface area contributed by atoms with Crippen molar-refractivity contribution in [1.82, 2.24) is 4.98 Å². The molecule has 1 aliphatic heterocycles. The molecule has 0 N–H and O–H groups in total. The van der Waals surface area contributed by atoms with Crippen LogP contribution in [0.25, 0.3) is 0 Å². The van der Waals surface area contributed by atoms with Crippen molar-refractivity contribution in [3.8, 4) is 0 Å². The minimum Gasteiger partial charge on any atom is -0.370 e. The number of benzene rings is 1. The first-order valence-corrected chi connectivity index (χ1v) is 9.12. The lowest BCUT2D eigenvalue weighted by Crippen LogP contribution is -2.64. The number of nitrogens with zero attached hydrogens (tertiary/aromatic N) is 2. The minimum atomic E-state index is 0.236. The first-order valence-electron chi connectivity index (χ1n) is 9.12. The Kier molecular flexibility index (Phi) is 3.49. The summed E-state index contributed by atoms with van der Waals surface area (Å²) in [6, 6.07) is 11.2. The topological polar surface area (TPSA) is 16.1 Å². The number of anilines is 1. The van der Waals surface area contributed by atoms with Crippen LogP contribution in [0.4, 0.5) is 5.69 Å². The molecule has 1 aliphatic carbocycles. The number of rotatable bonds is 3. The lowest BCUT2D eigenvalue weighted by molar-refractivity contribution is -0.0134. The molecule has 1 saturated carbocycles. The van der Waals surface area contributed by atoms with Crippen molar-refractivity contribution < 1.29 is 0 Å². The van der Waals surface area contributed by atoms with E-state index in [2.05, 4.69) is 67.9 Å². The van der Waals surface area contributed by atoms with E-state index in [-0.39, 0.29) is 5.41 Å². The van der Waals surface area contributed by atoms with Crippen LogP contribution >= 0.6 is 0 Å². The first-order chi connectivity index (χ1) is 11.4. The van der Waals surface area contributed by atoms with E-state index in [0.29, 0.717) is 5.41 Å². The smallest absolute Gasteiger partial charge is 0.0369 e. The Morgan fingerprint density at radius 2 is 1.83 bits per heavy atom. The highest BCUT2D eigenvalue weighted by Crippen LogP contribution is 2.58. The third-order valence-electron chi connectivity index (χ3n) is 6.69. The van der Waals surface area contributed by atoms with Crippen LogP contribution in [0.5, 0.6) is 0 Å². The van der Waals surface area contributed by atoms with Gasteiger partial charge in [-0.25, -0.2) is 0 Å². The molecule has 2 fully saturated rings. The van der Waals surface area contributed by atoms with Crippen LogP contribution < -0.4 is 4.90 Å². The molecule has 2 aliphatic rings. The highest BCUT2D eigenvalue weighted by molar-refractivity contribution is 5.54. The van der Waals surface area contributed by atoms with Gasteiger partial charge < -0.3 is 4.90 Å². The van der Waals surface area contributed by atoms with Gasteiger partial charge >= 0.3 is 0 Å². The number of hydrogen-bond acceptors (Lipinski definition) is 2. The second kappa shape index (κ2) is 5.34. The molecule has 126 valence electrons. The monoisotopic (exact) mass is 320 g/mol. The molecule has 2 heterocycles. The molecule has 24 heavy (non-hydrogen) atoms. The van der Waals surface area contributed by atoms with Gasteiger partial charge in [0.1, 0.15) is 0 Å². The average molecular weight is 320 g/mol. The van der Waals surface area contributed by atoms with Crippen LogP contribution in [0, 0.1) is 25.2 Å². The van der Waals surface area contributed by atoms with E-state index in [1.807, 2.05) is 12.4 Å². The number of hydrogen-bond donors (Lipinski definition) is 0. The summed E-state index contributed by atoms with van der Waals surface area (Å²) < 4.78 is 0. The summed E-state index contributed by atoms with van der Waals surface area (Å²) in [5.74, 6) is 0.781. The normalized spacial score (nSPS) is 19.9. The van der Waals surface area contributed by atoms with Crippen molar-refractivity contribution in [1.29, 1.82) is 0 Å². The van der Waals surface area contributed by atoms with Gasteiger partial charge in [0.2, 0.25) is 0 Å². The molecule has 1 aromatic carbocycles. The highest BCUT2D eigenvalue weighted by atomic mass is 15.2. The summed E-state index contributed by atoms with van der Waals surface area (Å²) in [5, 5.41) is 0. The van der Waals surface area contributed by atoms with E-state index in [4.69, 9.17) is 0 Å². The van der Waals surface area contributed by atoms with E-state index >= 15 is 0 Å². The van der Waals surface area contributed by atoms with Crippen molar-refractivity contribution in [2.45, 2.75) is 46.0 Å². The maximum absolute atomic E-state index is 4.32. The van der Waals surface area contributed by atoms with Gasteiger partial charge in [-0.1, -0.05) is 26.0 Å². The predicted octanol–water partition coefficient (Wildman–Crippen LogP) is 4.89. The SMILES string of the molecule is Cc1ccc(N2CC3(CC(C(C)(C)c4cccnc4)C3)C2)cc1C. The Balaban J connectivity index is 1.39. The van der Waals surface area contributed by atoms with Gasteiger partial charge in [-0.3, -0.25) is 4.98 Å². The Bertz CT molecular complexity index is 734. The lowest BCUT2D eigenvalue weighted by atomic mass is 9.50. The molecule has 0 amide bonds. The fourth-order valence-electron chi connectivity index (χ4n) is 4.60. The van der Waals surface area contributed by atoms with E-state index in [1.165, 1.54) is 48.3 Å². The van der Waals surface area contributed by atoms with E-state index in [1.54, 1.807) is 0 Å². The van der Waals surface area contributed by atoms with Crippen LogP contribution in [-0.2, 0) is 5.41 Å². The zero-order valence-corrected chi connectivity index (χ0v) is 15.3. The molecule has 2 heteroatoms. The number of pyridine rings is 1. The van der Waals surface area contributed by atoms with Gasteiger partial charge in [0.15, 0.2) is 0 Å². The Morgan fingerprint density at radius 1 is 1.08 bits per heavy atom. The highest BCUT2D eigenvalue weighted by Gasteiger charge is 2.56. The standard InChI is InChI=1S/C22H28N2/c1-16-7-8-20(10-17(16)2)24-14-22(15-24)11-19(12-22)21(3,4)18-6-5-9-23-13-18/h5-10,13,19H,11-12,14-15H2,1-4H3. The quantitative estimate of drug-likeness (QED) is 0.800. The maximum Gasteiger partial charge on any atom is 0.0369 e. The van der Waals surface area contributed by atoms with Crippen molar-refractivity contribution in [3.05, 3.63) is 59.4 Å². The Morgan fingerprint density at radius 3 is 2.46 bits per heavy atom. The fraction of sp³-hybridized carbons (Fsp3) is 0.500. The van der Waals surface area contributed by atoms with Crippen LogP contribution in [0.15, 0.2) is 42.7 Å². The lowest BCUT2D eigenvalue weighted by Gasteiger charge is -2.63. The average Bonchev–Trinajstić information content (AvgIpc) is 2.48. The van der Waals surface area contributed by atoms with Gasteiger partial charge in [0.25, 0.3) is 0 Å². The van der Waals surface area contributed by atoms with Crippen LogP contribution in [0.1, 0.15) is 43.4 Å². The molecule has 0 atom stereocenters.